The molecule has 1 aliphatic carbocycles. The van der Waals surface area contributed by atoms with Crippen molar-refractivity contribution in [1.29, 1.82) is 0 Å². The molecule has 0 heterocycles. The zero-order valence-electron chi connectivity index (χ0n) is 11.3. The molecule has 0 unspecified atom stereocenters. The highest BCUT2D eigenvalue weighted by Crippen LogP contribution is 2.36. The molecular formula is C14H26O2. The van der Waals surface area contributed by atoms with E-state index in [2.05, 4.69) is 20.8 Å². The van der Waals surface area contributed by atoms with Crippen LogP contribution in [0, 0.1) is 17.8 Å². The molecule has 2 nitrogen and oxygen atoms in total. The molecule has 1 fully saturated rings. The second kappa shape index (κ2) is 5.60. The van der Waals surface area contributed by atoms with Crippen molar-refractivity contribution < 1.29 is 9.84 Å². The van der Waals surface area contributed by atoms with E-state index in [9.17, 15) is 5.11 Å². The van der Waals surface area contributed by atoms with Crippen LogP contribution in [0.15, 0.2) is 11.5 Å². The van der Waals surface area contributed by atoms with Crippen molar-refractivity contribution in [2.45, 2.75) is 60.0 Å². The Bertz CT molecular complexity index is 251. The first kappa shape index (κ1) is 13.4. The van der Waals surface area contributed by atoms with E-state index in [1.54, 1.807) is 0 Å². The molecule has 1 rings (SSSR count). The molecule has 0 aliphatic heterocycles. The predicted molar refractivity (Wildman–Crippen MR) is 67.2 cm³/mol. The van der Waals surface area contributed by atoms with Gasteiger partial charge in [0.1, 0.15) is 6.10 Å². The summed E-state index contributed by atoms with van der Waals surface area (Å²) in [6, 6.07) is 0. The Morgan fingerprint density at radius 2 is 1.88 bits per heavy atom. The average molecular weight is 226 g/mol. The summed E-state index contributed by atoms with van der Waals surface area (Å²) >= 11 is 0. The molecule has 0 spiro atoms. The van der Waals surface area contributed by atoms with E-state index in [-0.39, 0.29) is 12.0 Å². The maximum absolute atomic E-state index is 9.72. The minimum Gasteiger partial charge on any atom is -0.481 e. The molecule has 1 saturated carbocycles. The second-order valence-corrected chi connectivity index (χ2v) is 5.79. The molecule has 1 N–H and O–H groups in total. The number of hydrogen-bond donors (Lipinski definition) is 1. The quantitative estimate of drug-likeness (QED) is 0.728. The van der Waals surface area contributed by atoms with Crippen molar-refractivity contribution in [3.8, 4) is 0 Å². The van der Waals surface area contributed by atoms with E-state index < -0.39 is 0 Å². The topological polar surface area (TPSA) is 29.5 Å². The van der Waals surface area contributed by atoms with Crippen molar-refractivity contribution in [1.82, 2.24) is 0 Å². The SMILES string of the molecule is CC(C)=C(O)O[C@H]1C[C@@H](C)CC[C@@H]1C(C)C. The maximum Gasteiger partial charge on any atom is 0.275 e. The number of ether oxygens (including phenoxy) is 1. The summed E-state index contributed by atoms with van der Waals surface area (Å²) < 4.78 is 5.73. The summed E-state index contributed by atoms with van der Waals surface area (Å²) in [5, 5.41) is 9.72. The van der Waals surface area contributed by atoms with Crippen molar-refractivity contribution in [2.75, 3.05) is 0 Å². The highest BCUT2D eigenvalue weighted by atomic mass is 16.6. The van der Waals surface area contributed by atoms with Crippen molar-refractivity contribution in [2.24, 2.45) is 17.8 Å². The summed E-state index contributed by atoms with van der Waals surface area (Å²) in [4.78, 5) is 0. The highest BCUT2D eigenvalue weighted by Gasteiger charge is 2.32. The normalized spacial score (nSPS) is 30.2. The third-order valence-corrected chi connectivity index (χ3v) is 3.65. The van der Waals surface area contributed by atoms with Gasteiger partial charge >= 0.3 is 0 Å². The zero-order valence-corrected chi connectivity index (χ0v) is 11.3. The van der Waals surface area contributed by atoms with Crippen molar-refractivity contribution in [3.05, 3.63) is 11.5 Å². The van der Waals surface area contributed by atoms with E-state index in [0.29, 0.717) is 17.8 Å². The minimum absolute atomic E-state index is 0.129. The first-order valence-corrected chi connectivity index (χ1v) is 6.45. The van der Waals surface area contributed by atoms with Crippen LogP contribution in [0.25, 0.3) is 0 Å². The first-order chi connectivity index (χ1) is 7.41. The van der Waals surface area contributed by atoms with Gasteiger partial charge in [0.05, 0.1) is 0 Å². The zero-order chi connectivity index (χ0) is 12.3. The van der Waals surface area contributed by atoms with Gasteiger partial charge in [0.15, 0.2) is 0 Å². The number of aliphatic hydroxyl groups is 1. The van der Waals surface area contributed by atoms with Crippen molar-refractivity contribution in [3.63, 3.8) is 0 Å². The predicted octanol–water partition coefficient (Wildman–Crippen LogP) is 4.27. The maximum atomic E-state index is 9.72. The Kier molecular flexibility index (Phi) is 4.69. The molecule has 0 saturated heterocycles. The average Bonchev–Trinajstić information content (AvgIpc) is 2.16. The molecule has 0 amide bonds. The summed E-state index contributed by atoms with van der Waals surface area (Å²) in [6.45, 7) is 10.5. The summed E-state index contributed by atoms with van der Waals surface area (Å²) in [7, 11) is 0. The summed E-state index contributed by atoms with van der Waals surface area (Å²) in [5.41, 5.74) is 0.862. The highest BCUT2D eigenvalue weighted by molar-refractivity contribution is 4.95. The number of aliphatic hydroxyl groups excluding tert-OH is 1. The van der Waals surface area contributed by atoms with Crippen LogP contribution < -0.4 is 0 Å². The van der Waals surface area contributed by atoms with Gasteiger partial charge in [0.25, 0.3) is 5.95 Å². The van der Waals surface area contributed by atoms with E-state index in [1.165, 1.54) is 12.8 Å². The standard InChI is InChI=1S/C14H26O2/c1-9(2)12-7-6-11(5)8-13(12)16-14(15)10(3)4/h9,11-13,15H,6-8H2,1-5H3/t11-,12+,13-/m0/s1. The molecule has 2 heteroatoms. The number of rotatable bonds is 3. The van der Waals surface area contributed by atoms with Crippen LogP contribution in [0.3, 0.4) is 0 Å². The second-order valence-electron chi connectivity index (χ2n) is 5.79. The third kappa shape index (κ3) is 3.43. The summed E-state index contributed by atoms with van der Waals surface area (Å²) in [6.07, 6.45) is 3.77. The third-order valence-electron chi connectivity index (χ3n) is 3.65. The van der Waals surface area contributed by atoms with Gasteiger partial charge in [-0.15, -0.1) is 0 Å². The minimum atomic E-state index is 0.129. The van der Waals surface area contributed by atoms with Crippen LogP contribution in [0.2, 0.25) is 0 Å². The Hall–Kier alpha value is -0.660. The molecule has 94 valence electrons. The van der Waals surface area contributed by atoms with Crippen LogP contribution in [0.5, 0.6) is 0 Å². The molecule has 1 aliphatic rings. The molecule has 0 aromatic rings. The molecule has 16 heavy (non-hydrogen) atoms. The van der Waals surface area contributed by atoms with Crippen molar-refractivity contribution >= 4 is 0 Å². The monoisotopic (exact) mass is 226 g/mol. The lowest BCUT2D eigenvalue weighted by molar-refractivity contribution is -0.0457. The molecule has 0 bridgehead atoms. The van der Waals surface area contributed by atoms with Crippen LogP contribution >= 0.6 is 0 Å². The first-order valence-electron chi connectivity index (χ1n) is 6.45. The van der Waals surface area contributed by atoms with Gasteiger partial charge in [-0.05, 0) is 44.4 Å². The van der Waals surface area contributed by atoms with Crippen LogP contribution in [-0.4, -0.2) is 11.2 Å². The number of hydrogen-bond acceptors (Lipinski definition) is 2. The van der Waals surface area contributed by atoms with E-state index in [0.717, 1.165) is 12.0 Å². The van der Waals surface area contributed by atoms with Crippen LogP contribution in [-0.2, 0) is 4.74 Å². The Balaban J connectivity index is 2.68. The molecule has 0 radical (unpaired) electrons. The molecule has 0 aromatic heterocycles. The van der Waals surface area contributed by atoms with Gasteiger partial charge in [-0.1, -0.05) is 27.2 Å². The smallest absolute Gasteiger partial charge is 0.275 e. The lowest BCUT2D eigenvalue weighted by Crippen LogP contribution is -2.34. The fraction of sp³-hybridized carbons (Fsp3) is 0.857. The van der Waals surface area contributed by atoms with E-state index in [1.807, 2.05) is 13.8 Å². The van der Waals surface area contributed by atoms with E-state index >= 15 is 0 Å². The van der Waals surface area contributed by atoms with Gasteiger partial charge in [-0.2, -0.15) is 0 Å². The fourth-order valence-corrected chi connectivity index (χ4v) is 2.51. The van der Waals surface area contributed by atoms with Gasteiger partial charge in [0.2, 0.25) is 0 Å². The Morgan fingerprint density at radius 1 is 1.25 bits per heavy atom. The van der Waals surface area contributed by atoms with Gasteiger partial charge in [-0.25, -0.2) is 0 Å². The van der Waals surface area contributed by atoms with Gasteiger partial charge in [-0.3, -0.25) is 0 Å². The largest absolute Gasteiger partial charge is 0.481 e. The Morgan fingerprint density at radius 3 is 2.38 bits per heavy atom. The fourth-order valence-electron chi connectivity index (χ4n) is 2.51. The van der Waals surface area contributed by atoms with Crippen LogP contribution in [0.4, 0.5) is 0 Å². The van der Waals surface area contributed by atoms with E-state index in [4.69, 9.17) is 4.74 Å². The van der Waals surface area contributed by atoms with Crippen LogP contribution in [0.1, 0.15) is 53.9 Å². The molecular weight excluding hydrogens is 200 g/mol. The lowest BCUT2D eigenvalue weighted by Gasteiger charge is -2.37. The van der Waals surface area contributed by atoms with Gasteiger partial charge < -0.3 is 9.84 Å². The number of allylic oxidation sites excluding steroid dienone is 1. The Labute approximate surface area is 99.7 Å². The van der Waals surface area contributed by atoms with Gasteiger partial charge in [0, 0.05) is 5.57 Å². The molecule has 3 atom stereocenters. The molecule has 0 aromatic carbocycles. The lowest BCUT2D eigenvalue weighted by atomic mass is 9.75. The summed E-state index contributed by atoms with van der Waals surface area (Å²) in [5.74, 6) is 2.05.